The average Bonchev–Trinajstić information content (AvgIpc) is 2.06. The molecule has 0 saturated heterocycles. The van der Waals surface area contributed by atoms with Gasteiger partial charge in [0.15, 0.2) is 0 Å². The lowest BCUT2D eigenvalue weighted by molar-refractivity contribution is -0.385. The maximum absolute atomic E-state index is 10.2. The number of hydrogen-bond donors (Lipinski definition) is 0. The van der Waals surface area contributed by atoms with E-state index in [0.29, 0.717) is 0 Å². The second kappa shape index (κ2) is 4.15. The van der Waals surface area contributed by atoms with Gasteiger partial charge in [-0.1, -0.05) is 15.9 Å². The van der Waals surface area contributed by atoms with Crippen LogP contribution in [0, 0.1) is 10.1 Å². The van der Waals surface area contributed by atoms with Crippen LogP contribution in [0.5, 0.6) is 0 Å². The van der Waals surface area contributed by atoms with Crippen molar-refractivity contribution in [3.63, 3.8) is 0 Å². The summed E-state index contributed by atoms with van der Waals surface area (Å²) in [5.74, 6) is 0. The van der Waals surface area contributed by atoms with E-state index in [-0.39, 0.29) is 5.69 Å². The minimum absolute atomic E-state index is 0.0355. The van der Waals surface area contributed by atoms with E-state index in [0.717, 1.165) is 17.4 Å². The van der Waals surface area contributed by atoms with Crippen molar-refractivity contribution in [3.8, 4) is 0 Å². The zero-order valence-corrected chi connectivity index (χ0v) is 7.82. The van der Waals surface area contributed by atoms with Crippen molar-refractivity contribution in [1.29, 1.82) is 0 Å². The maximum atomic E-state index is 10.2. The first-order valence-corrected chi connectivity index (χ1v) is 4.51. The van der Waals surface area contributed by atoms with Gasteiger partial charge >= 0.3 is 0 Å². The Labute approximate surface area is 77.9 Å². The summed E-state index contributed by atoms with van der Waals surface area (Å²) in [5.41, 5.74) is 0.894. The fourth-order valence-corrected chi connectivity index (χ4v) is 1.18. The molecule has 0 aliphatic carbocycles. The highest BCUT2D eigenvalue weighted by molar-refractivity contribution is 9.09. The average molecular weight is 231 g/mol. The molecule has 0 aliphatic heterocycles. The molecular weight excluding hydrogens is 224 g/mol. The third kappa shape index (κ3) is 2.27. The van der Waals surface area contributed by atoms with Crippen LogP contribution in [0.15, 0.2) is 18.3 Å². The van der Waals surface area contributed by atoms with E-state index < -0.39 is 4.92 Å². The van der Waals surface area contributed by atoms with Crippen molar-refractivity contribution in [2.45, 2.75) is 6.42 Å². The van der Waals surface area contributed by atoms with E-state index in [2.05, 4.69) is 20.9 Å². The minimum atomic E-state index is -0.453. The highest BCUT2D eigenvalue weighted by Crippen LogP contribution is 2.09. The number of nitrogens with zero attached hydrogens (tertiary/aromatic N) is 2. The normalized spacial score (nSPS) is 9.75. The topological polar surface area (TPSA) is 56.0 Å². The number of halogens is 1. The molecule has 4 nitrogen and oxygen atoms in total. The third-order valence-electron chi connectivity index (χ3n) is 1.37. The van der Waals surface area contributed by atoms with E-state index in [1.165, 1.54) is 12.3 Å². The van der Waals surface area contributed by atoms with Crippen LogP contribution in [0.2, 0.25) is 0 Å². The summed E-state index contributed by atoms with van der Waals surface area (Å²) >= 11 is 3.26. The van der Waals surface area contributed by atoms with Crippen molar-refractivity contribution in [2.75, 3.05) is 5.33 Å². The second-order valence-corrected chi connectivity index (χ2v) is 3.00. The predicted octanol–water partition coefficient (Wildman–Crippen LogP) is 1.93. The molecule has 0 amide bonds. The molecule has 0 N–H and O–H groups in total. The van der Waals surface area contributed by atoms with Gasteiger partial charge in [0.25, 0.3) is 5.69 Å². The van der Waals surface area contributed by atoms with Crippen molar-refractivity contribution in [1.82, 2.24) is 4.98 Å². The standard InChI is InChI=1S/C7H7BrN2O2/c8-4-3-6-1-2-7(5-9-6)10(11)12/h1-2,5H,3-4H2. The van der Waals surface area contributed by atoms with Crippen molar-refractivity contribution < 1.29 is 4.92 Å². The minimum Gasteiger partial charge on any atom is -0.258 e. The van der Waals surface area contributed by atoms with Crippen LogP contribution in [-0.2, 0) is 6.42 Å². The van der Waals surface area contributed by atoms with Gasteiger partial charge in [-0.3, -0.25) is 15.1 Å². The molecule has 0 spiro atoms. The molecule has 0 radical (unpaired) electrons. The Kier molecular flexibility index (Phi) is 3.16. The maximum Gasteiger partial charge on any atom is 0.287 e. The third-order valence-corrected chi connectivity index (χ3v) is 1.77. The van der Waals surface area contributed by atoms with Gasteiger partial charge in [0, 0.05) is 17.1 Å². The van der Waals surface area contributed by atoms with Gasteiger partial charge in [-0.25, -0.2) is 0 Å². The molecule has 5 heteroatoms. The van der Waals surface area contributed by atoms with E-state index in [1.54, 1.807) is 6.07 Å². The Hall–Kier alpha value is -0.970. The summed E-state index contributed by atoms with van der Waals surface area (Å²) in [4.78, 5) is 13.7. The van der Waals surface area contributed by atoms with Crippen LogP contribution in [0.1, 0.15) is 5.69 Å². The van der Waals surface area contributed by atoms with Gasteiger partial charge in [0.2, 0.25) is 0 Å². The number of pyridine rings is 1. The van der Waals surface area contributed by atoms with Gasteiger partial charge in [-0.05, 0) is 12.5 Å². The largest absolute Gasteiger partial charge is 0.287 e. The van der Waals surface area contributed by atoms with Crippen LogP contribution >= 0.6 is 15.9 Å². The van der Waals surface area contributed by atoms with Gasteiger partial charge in [-0.15, -0.1) is 0 Å². The molecule has 0 unspecified atom stereocenters. The summed E-state index contributed by atoms with van der Waals surface area (Å²) in [7, 11) is 0. The molecule has 64 valence electrons. The molecule has 0 aliphatic rings. The first kappa shape index (κ1) is 9.12. The molecule has 1 heterocycles. The number of aryl methyl sites for hydroxylation is 1. The lowest BCUT2D eigenvalue weighted by atomic mass is 10.3. The fourth-order valence-electron chi connectivity index (χ4n) is 0.769. The van der Waals surface area contributed by atoms with Gasteiger partial charge < -0.3 is 0 Å². The summed E-state index contributed by atoms with van der Waals surface area (Å²) in [6.07, 6.45) is 2.07. The quantitative estimate of drug-likeness (QED) is 0.453. The molecule has 0 bridgehead atoms. The summed E-state index contributed by atoms with van der Waals surface area (Å²) in [6.45, 7) is 0. The Balaban J connectivity index is 2.78. The van der Waals surface area contributed by atoms with E-state index in [4.69, 9.17) is 0 Å². The van der Waals surface area contributed by atoms with Gasteiger partial charge in [0.05, 0.1) is 4.92 Å². The van der Waals surface area contributed by atoms with Gasteiger partial charge in [0.1, 0.15) is 6.20 Å². The first-order valence-electron chi connectivity index (χ1n) is 3.39. The van der Waals surface area contributed by atoms with Crippen LogP contribution in [-0.4, -0.2) is 15.2 Å². The molecule has 0 aromatic carbocycles. The van der Waals surface area contributed by atoms with Crippen LogP contribution in [0.25, 0.3) is 0 Å². The molecule has 1 aromatic heterocycles. The van der Waals surface area contributed by atoms with Gasteiger partial charge in [-0.2, -0.15) is 0 Å². The molecule has 0 saturated carbocycles. The number of alkyl halides is 1. The fraction of sp³-hybridized carbons (Fsp3) is 0.286. The highest BCUT2D eigenvalue weighted by atomic mass is 79.9. The number of hydrogen-bond acceptors (Lipinski definition) is 3. The molecule has 12 heavy (non-hydrogen) atoms. The predicted molar refractivity (Wildman–Crippen MR) is 48.4 cm³/mol. The summed E-state index contributed by atoms with van der Waals surface area (Å²) < 4.78 is 0. The number of nitro groups is 1. The lowest BCUT2D eigenvalue weighted by Gasteiger charge is -1.94. The van der Waals surface area contributed by atoms with Crippen molar-refractivity contribution in [2.24, 2.45) is 0 Å². The van der Waals surface area contributed by atoms with Crippen molar-refractivity contribution >= 4 is 21.6 Å². The smallest absolute Gasteiger partial charge is 0.258 e. The Morgan fingerprint density at radius 3 is 2.75 bits per heavy atom. The zero-order valence-electron chi connectivity index (χ0n) is 6.24. The van der Waals surface area contributed by atoms with Crippen molar-refractivity contribution in [3.05, 3.63) is 34.1 Å². The second-order valence-electron chi connectivity index (χ2n) is 2.20. The summed E-state index contributed by atoms with van der Waals surface area (Å²) in [6, 6.07) is 3.13. The number of aromatic nitrogens is 1. The Bertz CT molecular complexity index is 273. The Morgan fingerprint density at radius 1 is 1.58 bits per heavy atom. The number of rotatable bonds is 3. The van der Waals surface area contributed by atoms with Crippen LogP contribution < -0.4 is 0 Å². The lowest BCUT2D eigenvalue weighted by Crippen LogP contribution is -1.93. The molecular formula is C7H7BrN2O2. The summed E-state index contributed by atoms with van der Waals surface area (Å²) in [5, 5.41) is 11.0. The van der Waals surface area contributed by atoms with E-state index in [9.17, 15) is 10.1 Å². The SMILES string of the molecule is O=[N+]([O-])c1ccc(CCBr)nc1. The van der Waals surface area contributed by atoms with E-state index in [1.807, 2.05) is 0 Å². The van der Waals surface area contributed by atoms with E-state index >= 15 is 0 Å². The molecule has 1 aromatic rings. The Morgan fingerprint density at radius 2 is 2.33 bits per heavy atom. The highest BCUT2D eigenvalue weighted by Gasteiger charge is 2.03. The molecule has 0 fully saturated rings. The monoisotopic (exact) mass is 230 g/mol. The molecule has 0 atom stereocenters. The van der Waals surface area contributed by atoms with Crippen LogP contribution in [0.4, 0.5) is 5.69 Å². The first-order chi connectivity index (χ1) is 5.74. The molecule has 1 rings (SSSR count). The van der Waals surface area contributed by atoms with Crippen LogP contribution in [0.3, 0.4) is 0 Å². The zero-order chi connectivity index (χ0) is 8.97.